The molecule has 142 valence electrons. The smallest absolute Gasteiger partial charge is 0.264 e. The molecule has 1 aromatic carbocycles. The zero-order valence-corrected chi connectivity index (χ0v) is 17.1. The van der Waals surface area contributed by atoms with E-state index in [1.54, 1.807) is 6.20 Å². The lowest BCUT2D eigenvalue weighted by atomic mass is 10.2. The van der Waals surface area contributed by atoms with Crippen molar-refractivity contribution in [3.05, 3.63) is 53.2 Å². The number of carbonyl (C=O) groups excluding carboxylic acids is 1. The van der Waals surface area contributed by atoms with Crippen LogP contribution in [0.25, 0.3) is 21.1 Å². The van der Waals surface area contributed by atoms with Gasteiger partial charge in [-0.25, -0.2) is 0 Å². The van der Waals surface area contributed by atoms with Gasteiger partial charge in [-0.1, -0.05) is 0 Å². The Labute approximate surface area is 171 Å². The predicted octanol–water partition coefficient (Wildman–Crippen LogP) is 5.02. The summed E-state index contributed by atoms with van der Waals surface area (Å²) in [5.74, 6) is 2.16. The first-order chi connectivity index (χ1) is 13.7. The molecule has 1 fully saturated rings. The minimum absolute atomic E-state index is 0.124. The molecule has 5 rings (SSSR count). The monoisotopic (exact) mass is 408 g/mol. The summed E-state index contributed by atoms with van der Waals surface area (Å²) in [4.78, 5) is 23.4. The van der Waals surface area contributed by atoms with Crippen LogP contribution >= 0.6 is 23.1 Å². The second-order valence-corrected chi connectivity index (χ2v) is 9.24. The topological polar surface area (TPSA) is 61.0 Å². The molecular formula is C21H20N4OS2. The fourth-order valence-corrected chi connectivity index (χ4v) is 5.53. The van der Waals surface area contributed by atoms with Gasteiger partial charge in [0, 0.05) is 53.1 Å². The van der Waals surface area contributed by atoms with Crippen molar-refractivity contribution in [1.29, 1.82) is 0 Å². The third kappa shape index (κ3) is 3.25. The number of rotatable bonds is 3. The van der Waals surface area contributed by atoms with Crippen LogP contribution in [0.2, 0.25) is 0 Å². The second-order valence-electron chi connectivity index (χ2n) is 6.97. The molecule has 1 amide bonds. The van der Waals surface area contributed by atoms with E-state index < -0.39 is 0 Å². The first kappa shape index (κ1) is 17.6. The SMILES string of the molecule is Cc1cc2cc(Nc3ccnc4cc(C(=O)N5CCSCC5)sc34)ccc2[nH]1. The van der Waals surface area contributed by atoms with E-state index >= 15 is 0 Å². The van der Waals surface area contributed by atoms with Gasteiger partial charge in [-0.3, -0.25) is 9.78 Å². The number of carbonyl (C=O) groups is 1. The number of thiophene rings is 1. The Hall–Kier alpha value is -2.51. The number of fused-ring (bicyclic) bond motifs is 2. The average Bonchev–Trinajstić information content (AvgIpc) is 3.31. The fourth-order valence-electron chi connectivity index (χ4n) is 3.58. The van der Waals surface area contributed by atoms with Crippen LogP contribution < -0.4 is 5.32 Å². The van der Waals surface area contributed by atoms with Crippen molar-refractivity contribution in [2.24, 2.45) is 0 Å². The van der Waals surface area contributed by atoms with E-state index in [-0.39, 0.29) is 5.91 Å². The minimum atomic E-state index is 0.124. The third-order valence-electron chi connectivity index (χ3n) is 4.96. The number of anilines is 2. The summed E-state index contributed by atoms with van der Waals surface area (Å²) in [6.45, 7) is 3.71. The number of aromatic nitrogens is 2. The number of hydrogen-bond acceptors (Lipinski definition) is 5. The van der Waals surface area contributed by atoms with Crippen LogP contribution in [-0.2, 0) is 0 Å². The first-order valence-electron chi connectivity index (χ1n) is 9.29. The number of nitrogens with zero attached hydrogens (tertiary/aromatic N) is 2. The van der Waals surface area contributed by atoms with E-state index in [1.807, 2.05) is 28.8 Å². The predicted molar refractivity (Wildman–Crippen MR) is 119 cm³/mol. The standard InChI is InChI=1S/C21H20N4OS2/c1-13-10-14-11-15(2-3-16(14)23-13)24-17-4-5-22-18-12-19(28-20(17)18)21(26)25-6-8-27-9-7-25/h2-5,10-12,23H,6-9H2,1H3,(H,22,24). The quantitative estimate of drug-likeness (QED) is 0.500. The highest BCUT2D eigenvalue weighted by atomic mass is 32.2. The molecule has 0 saturated carbocycles. The van der Waals surface area contributed by atoms with Crippen LogP contribution in [0.15, 0.2) is 42.6 Å². The number of benzene rings is 1. The maximum Gasteiger partial charge on any atom is 0.264 e. The molecule has 4 aromatic rings. The molecule has 1 aliphatic heterocycles. The number of hydrogen-bond donors (Lipinski definition) is 2. The van der Waals surface area contributed by atoms with E-state index in [4.69, 9.17) is 0 Å². The van der Waals surface area contributed by atoms with E-state index in [0.29, 0.717) is 0 Å². The van der Waals surface area contributed by atoms with Crippen molar-refractivity contribution in [2.75, 3.05) is 29.9 Å². The minimum Gasteiger partial charge on any atom is -0.359 e. The van der Waals surface area contributed by atoms with Gasteiger partial charge < -0.3 is 15.2 Å². The zero-order chi connectivity index (χ0) is 19.1. The van der Waals surface area contributed by atoms with Crippen LogP contribution in [0, 0.1) is 6.92 Å². The molecule has 28 heavy (non-hydrogen) atoms. The molecule has 0 atom stereocenters. The van der Waals surface area contributed by atoms with E-state index in [9.17, 15) is 4.79 Å². The number of thioether (sulfide) groups is 1. The average molecular weight is 409 g/mol. The Kier molecular flexibility index (Phi) is 4.49. The Morgan fingerprint density at radius 3 is 2.89 bits per heavy atom. The molecule has 2 N–H and O–H groups in total. The van der Waals surface area contributed by atoms with Gasteiger partial charge in [0.1, 0.15) is 0 Å². The molecule has 0 unspecified atom stereocenters. The van der Waals surface area contributed by atoms with Crippen LogP contribution in [-0.4, -0.2) is 45.4 Å². The number of nitrogens with one attached hydrogen (secondary N) is 2. The van der Waals surface area contributed by atoms with Crippen LogP contribution in [0.3, 0.4) is 0 Å². The van der Waals surface area contributed by atoms with Gasteiger partial charge in [0.25, 0.3) is 5.91 Å². The molecule has 0 aliphatic carbocycles. The van der Waals surface area contributed by atoms with Gasteiger partial charge in [-0.15, -0.1) is 11.3 Å². The molecular weight excluding hydrogens is 388 g/mol. The van der Waals surface area contributed by atoms with Crippen molar-refractivity contribution < 1.29 is 4.79 Å². The maximum absolute atomic E-state index is 12.9. The van der Waals surface area contributed by atoms with Gasteiger partial charge in [-0.05, 0) is 43.3 Å². The lowest BCUT2D eigenvalue weighted by Crippen LogP contribution is -2.37. The van der Waals surface area contributed by atoms with Gasteiger partial charge in [-0.2, -0.15) is 11.8 Å². The van der Waals surface area contributed by atoms with Crippen molar-refractivity contribution in [3.63, 3.8) is 0 Å². The summed E-state index contributed by atoms with van der Waals surface area (Å²) in [6, 6.07) is 12.3. The number of amides is 1. The van der Waals surface area contributed by atoms with Crippen molar-refractivity contribution in [3.8, 4) is 0 Å². The highest BCUT2D eigenvalue weighted by Gasteiger charge is 2.21. The zero-order valence-electron chi connectivity index (χ0n) is 15.5. The van der Waals surface area contributed by atoms with Gasteiger partial charge in [0.2, 0.25) is 0 Å². The van der Waals surface area contributed by atoms with Crippen LogP contribution in [0.5, 0.6) is 0 Å². The number of aromatic amines is 1. The Morgan fingerprint density at radius 1 is 1.18 bits per heavy atom. The van der Waals surface area contributed by atoms with Crippen LogP contribution in [0.1, 0.15) is 15.4 Å². The lowest BCUT2D eigenvalue weighted by Gasteiger charge is -2.25. The summed E-state index contributed by atoms with van der Waals surface area (Å²) in [5, 5.41) is 4.69. The highest BCUT2D eigenvalue weighted by Crippen LogP contribution is 2.34. The van der Waals surface area contributed by atoms with Gasteiger partial charge >= 0.3 is 0 Å². The molecule has 1 aliphatic rings. The Morgan fingerprint density at radius 2 is 2.04 bits per heavy atom. The van der Waals surface area contributed by atoms with Crippen molar-refractivity contribution in [2.45, 2.75) is 6.92 Å². The molecule has 3 aromatic heterocycles. The summed E-state index contributed by atoms with van der Waals surface area (Å²) >= 11 is 3.43. The maximum atomic E-state index is 12.9. The van der Waals surface area contributed by atoms with Crippen molar-refractivity contribution >= 4 is 61.5 Å². The van der Waals surface area contributed by atoms with Crippen LogP contribution in [0.4, 0.5) is 11.4 Å². The third-order valence-corrected chi connectivity index (χ3v) is 7.04. The normalized spacial score (nSPS) is 14.7. The van der Waals surface area contributed by atoms with E-state index in [0.717, 1.165) is 62.3 Å². The number of H-pyrrole nitrogens is 1. The number of pyridine rings is 1. The molecule has 5 nitrogen and oxygen atoms in total. The highest BCUT2D eigenvalue weighted by molar-refractivity contribution is 7.99. The molecule has 0 bridgehead atoms. The summed E-state index contributed by atoms with van der Waals surface area (Å²) in [7, 11) is 0. The molecule has 0 radical (unpaired) electrons. The largest absolute Gasteiger partial charge is 0.359 e. The molecule has 1 saturated heterocycles. The van der Waals surface area contributed by atoms with Gasteiger partial charge in [0.05, 0.1) is 20.8 Å². The molecule has 0 spiro atoms. The van der Waals surface area contributed by atoms with E-state index in [1.165, 1.54) is 16.7 Å². The van der Waals surface area contributed by atoms with Gasteiger partial charge in [0.15, 0.2) is 0 Å². The number of aryl methyl sites for hydroxylation is 1. The lowest BCUT2D eigenvalue weighted by molar-refractivity contribution is 0.0777. The first-order valence-corrected chi connectivity index (χ1v) is 11.3. The van der Waals surface area contributed by atoms with Crippen molar-refractivity contribution in [1.82, 2.24) is 14.9 Å². The molecule has 7 heteroatoms. The fraction of sp³-hybridized carbons (Fsp3) is 0.238. The Balaban J connectivity index is 1.47. The molecule has 4 heterocycles. The summed E-state index contributed by atoms with van der Waals surface area (Å²) in [5.41, 5.74) is 5.15. The second kappa shape index (κ2) is 7.14. The Bertz CT molecular complexity index is 1170. The summed E-state index contributed by atoms with van der Waals surface area (Å²) in [6.07, 6.45) is 1.79. The summed E-state index contributed by atoms with van der Waals surface area (Å²) < 4.78 is 1.02. The van der Waals surface area contributed by atoms with E-state index in [2.05, 4.69) is 46.5 Å².